The Morgan fingerprint density at radius 3 is 1.31 bits per heavy atom. The summed E-state index contributed by atoms with van der Waals surface area (Å²) in [5.41, 5.74) is 0.395. The standard InChI is InChI=1S/C20H10F2N2O2/c21-17-9-13(11-23)1-7-19(17)25-15-3-5-16(6-4-15)26-20-8-2-14(12-24)10-18(20)22/h1-10H. The molecule has 0 aliphatic rings. The molecule has 0 bridgehead atoms. The summed E-state index contributed by atoms with van der Waals surface area (Å²) >= 11 is 0. The van der Waals surface area contributed by atoms with E-state index >= 15 is 0 Å². The number of hydrogen-bond donors (Lipinski definition) is 0. The Balaban J connectivity index is 1.73. The van der Waals surface area contributed by atoms with E-state index in [1.165, 1.54) is 48.5 Å². The fraction of sp³-hybridized carbons (Fsp3) is 0. The number of nitrogens with zero attached hydrogens (tertiary/aromatic N) is 2. The molecule has 126 valence electrons. The van der Waals surface area contributed by atoms with Crippen molar-refractivity contribution in [1.82, 2.24) is 0 Å². The lowest BCUT2D eigenvalue weighted by molar-refractivity contribution is 0.432. The summed E-state index contributed by atoms with van der Waals surface area (Å²) in [6.45, 7) is 0. The van der Waals surface area contributed by atoms with Gasteiger partial charge in [-0.3, -0.25) is 0 Å². The Labute approximate surface area is 148 Å². The molecule has 0 aliphatic carbocycles. The lowest BCUT2D eigenvalue weighted by atomic mass is 10.2. The molecule has 3 rings (SSSR count). The van der Waals surface area contributed by atoms with Gasteiger partial charge in [0.05, 0.1) is 23.3 Å². The minimum atomic E-state index is -0.649. The first-order valence-electron chi connectivity index (χ1n) is 7.44. The second-order valence-electron chi connectivity index (χ2n) is 5.19. The van der Waals surface area contributed by atoms with Crippen LogP contribution in [0.25, 0.3) is 0 Å². The maximum absolute atomic E-state index is 13.8. The van der Waals surface area contributed by atoms with Crippen molar-refractivity contribution in [2.75, 3.05) is 0 Å². The van der Waals surface area contributed by atoms with Gasteiger partial charge in [0.25, 0.3) is 0 Å². The van der Waals surface area contributed by atoms with Crippen molar-refractivity contribution < 1.29 is 18.3 Å². The molecule has 0 aromatic heterocycles. The molecule has 0 radical (unpaired) electrons. The maximum atomic E-state index is 13.8. The van der Waals surface area contributed by atoms with Crippen molar-refractivity contribution >= 4 is 0 Å². The zero-order chi connectivity index (χ0) is 18.5. The van der Waals surface area contributed by atoms with E-state index in [1.54, 1.807) is 0 Å². The number of benzene rings is 3. The minimum Gasteiger partial charge on any atom is -0.454 e. The monoisotopic (exact) mass is 348 g/mol. The highest BCUT2D eigenvalue weighted by atomic mass is 19.1. The van der Waals surface area contributed by atoms with Crippen LogP contribution in [0, 0.1) is 34.3 Å². The molecule has 0 fully saturated rings. The van der Waals surface area contributed by atoms with Gasteiger partial charge in [0, 0.05) is 0 Å². The first kappa shape index (κ1) is 16.9. The Hall–Kier alpha value is -3.90. The van der Waals surface area contributed by atoms with E-state index in [9.17, 15) is 8.78 Å². The van der Waals surface area contributed by atoms with E-state index in [4.69, 9.17) is 20.0 Å². The summed E-state index contributed by atoms with van der Waals surface area (Å²) in [4.78, 5) is 0. The Kier molecular flexibility index (Phi) is 4.78. The van der Waals surface area contributed by atoms with Crippen LogP contribution in [0.3, 0.4) is 0 Å². The molecule has 0 saturated heterocycles. The summed E-state index contributed by atoms with van der Waals surface area (Å²) in [6, 6.07) is 17.6. The molecule has 0 heterocycles. The number of rotatable bonds is 4. The van der Waals surface area contributed by atoms with E-state index in [-0.39, 0.29) is 22.6 Å². The van der Waals surface area contributed by atoms with Gasteiger partial charge in [0.1, 0.15) is 11.5 Å². The Morgan fingerprint density at radius 1 is 0.615 bits per heavy atom. The van der Waals surface area contributed by atoms with E-state index in [2.05, 4.69) is 0 Å². The van der Waals surface area contributed by atoms with Gasteiger partial charge >= 0.3 is 0 Å². The number of halogens is 2. The van der Waals surface area contributed by atoms with E-state index in [1.807, 2.05) is 12.1 Å². The molecular weight excluding hydrogens is 338 g/mol. The van der Waals surface area contributed by atoms with Crippen LogP contribution in [0.4, 0.5) is 8.78 Å². The fourth-order valence-electron chi connectivity index (χ4n) is 2.14. The van der Waals surface area contributed by atoms with Crippen molar-refractivity contribution in [1.29, 1.82) is 10.5 Å². The van der Waals surface area contributed by atoms with Crippen molar-refractivity contribution in [2.24, 2.45) is 0 Å². The lowest BCUT2D eigenvalue weighted by Crippen LogP contribution is -1.91. The van der Waals surface area contributed by atoms with Gasteiger partial charge in [0.15, 0.2) is 23.1 Å². The van der Waals surface area contributed by atoms with E-state index in [0.29, 0.717) is 11.5 Å². The van der Waals surface area contributed by atoms with Crippen LogP contribution in [0.5, 0.6) is 23.0 Å². The van der Waals surface area contributed by atoms with Crippen LogP contribution in [-0.4, -0.2) is 0 Å². The SMILES string of the molecule is N#Cc1ccc(Oc2ccc(Oc3ccc(C#N)cc3F)cc2)c(F)c1. The van der Waals surface area contributed by atoms with Crippen LogP contribution in [0.2, 0.25) is 0 Å². The number of hydrogen-bond acceptors (Lipinski definition) is 4. The number of ether oxygens (including phenoxy) is 2. The molecule has 0 amide bonds. The quantitative estimate of drug-likeness (QED) is 0.642. The molecule has 4 nitrogen and oxygen atoms in total. The van der Waals surface area contributed by atoms with Crippen molar-refractivity contribution in [3.63, 3.8) is 0 Å². The van der Waals surface area contributed by atoms with Crippen molar-refractivity contribution in [3.05, 3.63) is 83.4 Å². The fourth-order valence-corrected chi connectivity index (χ4v) is 2.14. The first-order chi connectivity index (χ1) is 12.6. The van der Waals surface area contributed by atoms with E-state index in [0.717, 1.165) is 12.1 Å². The average Bonchev–Trinajstić information content (AvgIpc) is 2.66. The van der Waals surface area contributed by atoms with Gasteiger partial charge in [-0.05, 0) is 60.7 Å². The van der Waals surface area contributed by atoms with Crippen molar-refractivity contribution in [2.45, 2.75) is 0 Å². The second kappa shape index (κ2) is 7.33. The van der Waals surface area contributed by atoms with Gasteiger partial charge in [-0.1, -0.05) is 0 Å². The summed E-state index contributed by atoms with van der Waals surface area (Å²) < 4.78 is 38.5. The van der Waals surface area contributed by atoms with Gasteiger partial charge in [0.2, 0.25) is 0 Å². The zero-order valence-corrected chi connectivity index (χ0v) is 13.2. The third kappa shape index (κ3) is 3.77. The van der Waals surface area contributed by atoms with Crippen LogP contribution in [0.15, 0.2) is 60.7 Å². The summed E-state index contributed by atoms with van der Waals surface area (Å²) in [5, 5.41) is 17.5. The molecule has 0 saturated carbocycles. The van der Waals surface area contributed by atoms with Crippen LogP contribution < -0.4 is 9.47 Å². The Bertz CT molecular complexity index is 951. The lowest BCUT2D eigenvalue weighted by Gasteiger charge is -2.09. The molecule has 0 spiro atoms. The highest BCUT2D eigenvalue weighted by molar-refractivity contribution is 5.42. The number of nitriles is 2. The van der Waals surface area contributed by atoms with Crippen LogP contribution >= 0.6 is 0 Å². The third-order valence-electron chi connectivity index (χ3n) is 3.40. The average molecular weight is 348 g/mol. The molecule has 3 aromatic carbocycles. The molecule has 3 aromatic rings. The highest BCUT2D eigenvalue weighted by Gasteiger charge is 2.08. The molecule has 0 unspecified atom stereocenters. The molecular formula is C20H10F2N2O2. The zero-order valence-electron chi connectivity index (χ0n) is 13.2. The topological polar surface area (TPSA) is 66.0 Å². The first-order valence-corrected chi connectivity index (χ1v) is 7.44. The largest absolute Gasteiger partial charge is 0.454 e. The molecule has 0 N–H and O–H groups in total. The molecule has 0 atom stereocenters. The van der Waals surface area contributed by atoms with Gasteiger partial charge in [-0.25, -0.2) is 8.78 Å². The van der Waals surface area contributed by atoms with Gasteiger partial charge in [-0.15, -0.1) is 0 Å². The maximum Gasteiger partial charge on any atom is 0.167 e. The van der Waals surface area contributed by atoms with Gasteiger partial charge < -0.3 is 9.47 Å². The summed E-state index contributed by atoms with van der Waals surface area (Å²) in [5.74, 6) is -0.637. The predicted octanol–water partition coefficient (Wildman–Crippen LogP) is 5.29. The van der Waals surface area contributed by atoms with Crippen molar-refractivity contribution in [3.8, 4) is 35.1 Å². The Morgan fingerprint density at radius 2 is 1.00 bits per heavy atom. The molecule has 6 heteroatoms. The predicted molar refractivity (Wildman–Crippen MR) is 88.8 cm³/mol. The van der Waals surface area contributed by atoms with Crippen LogP contribution in [0.1, 0.15) is 11.1 Å². The van der Waals surface area contributed by atoms with E-state index < -0.39 is 11.6 Å². The smallest absolute Gasteiger partial charge is 0.167 e. The molecule has 26 heavy (non-hydrogen) atoms. The summed E-state index contributed by atoms with van der Waals surface area (Å²) in [7, 11) is 0. The van der Waals surface area contributed by atoms with Gasteiger partial charge in [-0.2, -0.15) is 10.5 Å². The normalized spacial score (nSPS) is 9.85. The second-order valence-corrected chi connectivity index (χ2v) is 5.19. The van der Waals surface area contributed by atoms with Crippen LogP contribution in [-0.2, 0) is 0 Å². The molecule has 0 aliphatic heterocycles. The third-order valence-corrected chi connectivity index (χ3v) is 3.40. The highest BCUT2D eigenvalue weighted by Crippen LogP contribution is 2.29. The minimum absolute atomic E-state index is 0.0178. The summed E-state index contributed by atoms with van der Waals surface area (Å²) in [6.07, 6.45) is 0.